The van der Waals surface area contributed by atoms with Gasteiger partial charge in [-0.15, -0.1) is 0 Å². The first-order chi connectivity index (χ1) is 9.95. The summed E-state index contributed by atoms with van der Waals surface area (Å²) in [6.45, 7) is 0. The average molecular weight is 293 g/mol. The van der Waals surface area contributed by atoms with Crippen molar-refractivity contribution in [2.45, 2.75) is 12.5 Å². The van der Waals surface area contributed by atoms with E-state index >= 15 is 0 Å². The van der Waals surface area contributed by atoms with Gasteiger partial charge in [-0.05, 0) is 34.9 Å². The summed E-state index contributed by atoms with van der Waals surface area (Å²) in [4.78, 5) is 11.3. The molecule has 0 radical (unpaired) electrons. The van der Waals surface area contributed by atoms with E-state index in [1.165, 1.54) is 6.07 Å². The summed E-state index contributed by atoms with van der Waals surface area (Å²) in [6.07, 6.45) is -1.13. The zero-order valence-corrected chi connectivity index (χ0v) is 10.7. The van der Waals surface area contributed by atoms with E-state index in [0.29, 0.717) is 16.8 Å². The Bertz CT molecular complexity index is 723. The first-order valence-electron chi connectivity index (χ1n) is 6.21. The third kappa shape index (κ3) is 2.38. The molecule has 0 saturated carbocycles. The molecule has 3 rings (SSSR count). The molecule has 0 spiro atoms. The van der Waals surface area contributed by atoms with Crippen LogP contribution in [-0.4, -0.2) is 11.0 Å². The molecule has 2 aromatic carbocycles. The second kappa shape index (κ2) is 4.89. The molecule has 2 N–H and O–H groups in total. The predicted molar refractivity (Wildman–Crippen MR) is 69.2 cm³/mol. The summed E-state index contributed by atoms with van der Waals surface area (Å²) in [5.74, 6) is -4.45. The SMILES string of the molecule is O=C1Cc2cc(C(O)c3cc(F)c(F)c(F)c3)ccc2N1. The van der Waals surface area contributed by atoms with Gasteiger partial charge in [0.15, 0.2) is 17.5 Å². The Morgan fingerprint density at radius 1 is 1.05 bits per heavy atom. The van der Waals surface area contributed by atoms with E-state index in [1.54, 1.807) is 12.1 Å². The Morgan fingerprint density at radius 3 is 2.38 bits per heavy atom. The molecule has 1 atom stereocenters. The zero-order chi connectivity index (χ0) is 15.1. The van der Waals surface area contributed by atoms with Gasteiger partial charge < -0.3 is 10.4 Å². The van der Waals surface area contributed by atoms with Crippen LogP contribution in [0.15, 0.2) is 30.3 Å². The van der Waals surface area contributed by atoms with Crippen molar-refractivity contribution < 1.29 is 23.1 Å². The van der Waals surface area contributed by atoms with Gasteiger partial charge in [0.1, 0.15) is 6.10 Å². The number of amides is 1. The first-order valence-corrected chi connectivity index (χ1v) is 6.21. The predicted octanol–water partition coefficient (Wildman–Crippen LogP) is 2.68. The summed E-state index contributed by atoms with van der Waals surface area (Å²) < 4.78 is 39.3. The van der Waals surface area contributed by atoms with Crippen molar-refractivity contribution in [2.24, 2.45) is 0 Å². The molecule has 2 aromatic rings. The highest BCUT2D eigenvalue weighted by Crippen LogP contribution is 2.30. The number of benzene rings is 2. The molecule has 21 heavy (non-hydrogen) atoms. The molecule has 0 bridgehead atoms. The van der Waals surface area contributed by atoms with Crippen LogP contribution in [0, 0.1) is 17.5 Å². The van der Waals surface area contributed by atoms with Gasteiger partial charge in [-0.3, -0.25) is 4.79 Å². The van der Waals surface area contributed by atoms with Gasteiger partial charge in [-0.2, -0.15) is 0 Å². The maximum atomic E-state index is 13.2. The van der Waals surface area contributed by atoms with Crippen molar-refractivity contribution in [3.05, 3.63) is 64.5 Å². The van der Waals surface area contributed by atoms with Crippen LogP contribution < -0.4 is 5.32 Å². The van der Waals surface area contributed by atoms with Gasteiger partial charge in [-0.1, -0.05) is 12.1 Å². The van der Waals surface area contributed by atoms with Crippen molar-refractivity contribution in [2.75, 3.05) is 5.32 Å². The van der Waals surface area contributed by atoms with Crippen molar-refractivity contribution >= 4 is 11.6 Å². The lowest BCUT2D eigenvalue weighted by Crippen LogP contribution is -2.03. The number of hydrogen-bond donors (Lipinski definition) is 2. The number of hydrogen-bond acceptors (Lipinski definition) is 2. The number of carbonyl (C=O) groups excluding carboxylic acids is 1. The normalized spacial score (nSPS) is 14.8. The quantitative estimate of drug-likeness (QED) is 0.836. The van der Waals surface area contributed by atoms with Gasteiger partial charge in [0.25, 0.3) is 0 Å². The van der Waals surface area contributed by atoms with Gasteiger partial charge in [0, 0.05) is 5.69 Å². The molecule has 1 heterocycles. The number of halogens is 3. The number of carbonyl (C=O) groups is 1. The summed E-state index contributed by atoms with van der Waals surface area (Å²) in [5, 5.41) is 12.8. The molecule has 1 aliphatic heterocycles. The van der Waals surface area contributed by atoms with Crippen molar-refractivity contribution in [3.63, 3.8) is 0 Å². The van der Waals surface area contributed by atoms with Crippen molar-refractivity contribution in [1.29, 1.82) is 0 Å². The van der Waals surface area contributed by atoms with Crippen LogP contribution in [0.1, 0.15) is 22.8 Å². The Hall–Kier alpha value is -2.34. The van der Waals surface area contributed by atoms with E-state index in [4.69, 9.17) is 0 Å². The van der Waals surface area contributed by atoms with Crippen LogP contribution in [0.5, 0.6) is 0 Å². The van der Waals surface area contributed by atoms with E-state index in [0.717, 1.165) is 12.1 Å². The Balaban J connectivity index is 1.98. The number of anilines is 1. The van der Waals surface area contributed by atoms with Crippen LogP contribution >= 0.6 is 0 Å². The number of fused-ring (bicyclic) bond motifs is 1. The third-order valence-electron chi connectivity index (χ3n) is 3.39. The molecule has 1 unspecified atom stereocenters. The highest BCUT2D eigenvalue weighted by molar-refractivity contribution is 5.99. The standard InChI is InChI=1S/C15H10F3NO2/c16-10-4-9(5-11(17)14(10)18)15(21)7-1-2-12-8(3-7)6-13(20)19-12/h1-5,15,21H,6H2,(H,19,20). The van der Waals surface area contributed by atoms with Crippen LogP contribution in [0.2, 0.25) is 0 Å². The zero-order valence-electron chi connectivity index (χ0n) is 10.7. The van der Waals surface area contributed by atoms with Gasteiger partial charge in [0.2, 0.25) is 5.91 Å². The van der Waals surface area contributed by atoms with E-state index in [-0.39, 0.29) is 17.9 Å². The number of nitrogens with one attached hydrogen (secondary N) is 1. The number of aliphatic hydroxyl groups excluding tert-OH is 1. The van der Waals surface area contributed by atoms with Gasteiger partial charge in [0.05, 0.1) is 6.42 Å². The molecule has 0 fully saturated rings. The lowest BCUT2D eigenvalue weighted by Gasteiger charge is -2.13. The molecular formula is C15H10F3NO2. The lowest BCUT2D eigenvalue weighted by molar-refractivity contribution is -0.115. The minimum absolute atomic E-state index is 0.0939. The number of rotatable bonds is 2. The van der Waals surface area contributed by atoms with Crippen LogP contribution in [0.3, 0.4) is 0 Å². The molecular weight excluding hydrogens is 283 g/mol. The minimum Gasteiger partial charge on any atom is -0.384 e. The second-order valence-corrected chi connectivity index (χ2v) is 4.84. The highest BCUT2D eigenvalue weighted by Gasteiger charge is 2.21. The Kier molecular flexibility index (Phi) is 3.17. The summed E-state index contributed by atoms with van der Waals surface area (Å²) in [6, 6.07) is 6.22. The van der Waals surface area contributed by atoms with E-state index in [9.17, 15) is 23.1 Å². The minimum atomic E-state index is -1.57. The molecule has 1 aliphatic rings. The monoisotopic (exact) mass is 293 g/mol. The molecule has 0 saturated heterocycles. The maximum absolute atomic E-state index is 13.2. The second-order valence-electron chi connectivity index (χ2n) is 4.84. The smallest absolute Gasteiger partial charge is 0.228 e. The molecule has 0 aromatic heterocycles. The molecule has 3 nitrogen and oxygen atoms in total. The van der Waals surface area contributed by atoms with Gasteiger partial charge in [-0.25, -0.2) is 13.2 Å². The van der Waals surface area contributed by atoms with Crippen LogP contribution in [-0.2, 0) is 11.2 Å². The third-order valence-corrected chi connectivity index (χ3v) is 3.39. The Morgan fingerprint density at radius 2 is 1.71 bits per heavy atom. The van der Waals surface area contributed by atoms with Crippen molar-refractivity contribution in [1.82, 2.24) is 0 Å². The topological polar surface area (TPSA) is 49.3 Å². The summed E-state index contributed by atoms with van der Waals surface area (Å²) in [7, 11) is 0. The summed E-state index contributed by atoms with van der Waals surface area (Å²) >= 11 is 0. The summed E-state index contributed by atoms with van der Waals surface area (Å²) in [5.41, 5.74) is 1.62. The Labute approximate surface area is 118 Å². The lowest BCUT2D eigenvalue weighted by atomic mass is 9.98. The number of aliphatic hydroxyl groups is 1. The van der Waals surface area contributed by atoms with Gasteiger partial charge >= 0.3 is 0 Å². The fraction of sp³-hybridized carbons (Fsp3) is 0.133. The highest BCUT2D eigenvalue weighted by atomic mass is 19.2. The first kappa shape index (κ1) is 13.6. The molecule has 108 valence electrons. The maximum Gasteiger partial charge on any atom is 0.228 e. The largest absolute Gasteiger partial charge is 0.384 e. The van der Waals surface area contributed by atoms with Crippen molar-refractivity contribution in [3.8, 4) is 0 Å². The molecule has 0 aliphatic carbocycles. The van der Waals surface area contributed by atoms with E-state index in [1.807, 2.05) is 0 Å². The van der Waals surface area contributed by atoms with Crippen LogP contribution in [0.25, 0.3) is 0 Å². The van der Waals surface area contributed by atoms with Crippen LogP contribution in [0.4, 0.5) is 18.9 Å². The van der Waals surface area contributed by atoms with E-state index < -0.39 is 23.6 Å². The molecule has 1 amide bonds. The molecule has 6 heteroatoms. The van der Waals surface area contributed by atoms with E-state index in [2.05, 4.69) is 5.32 Å². The fourth-order valence-corrected chi connectivity index (χ4v) is 2.34. The fourth-order valence-electron chi connectivity index (χ4n) is 2.34. The average Bonchev–Trinajstić information content (AvgIpc) is 2.82.